The van der Waals surface area contributed by atoms with Crippen LogP contribution in [0.25, 0.3) is 6.08 Å². The molecule has 1 aromatic carbocycles. The molecule has 0 spiro atoms. The van der Waals surface area contributed by atoms with Crippen LogP contribution in [0, 0.1) is 0 Å². The molecule has 158 valence electrons. The third-order valence-corrected chi connectivity index (χ3v) is 5.05. The first kappa shape index (κ1) is 20.3. The Kier molecular flexibility index (Phi) is 6.37. The third-order valence-electron chi connectivity index (χ3n) is 5.05. The highest BCUT2D eigenvalue weighted by atomic mass is 16.5. The Morgan fingerprint density at radius 3 is 2.35 bits per heavy atom. The highest BCUT2D eigenvalue weighted by molar-refractivity contribution is 5.92. The van der Waals surface area contributed by atoms with Crippen LogP contribution in [-0.2, 0) is 4.79 Å². The normalized spacial score (nSPS) is 14.0. The van der Waals surface area contributed by atoms with Gasteiger partial charge in [0.05, 0.1) is 7.11 Å². The lowest BCUT2D eigenvalue weighted by Gasteiger charge is -2.34. The first-order valence-electron chi connectivity index (χ1n) is 10.1. The van der Waals surface area contributed by atoms with Gasteiger partial charge in [0.2, 0.25) is 5.91 Å². The lowest BCUT2D eigenvalue weighted by atomic mass is 10.2. The predicted molar refractivity (Wildman–Crippen MR) is 120 cm³/mol. The minimum atomic E-state index is 0.0125. The maximum atomic E-state index is 12.5. The number of amides is 1. The van der Waals surface area contributed by atoms with E-state index in [0.717, 1.165) is 22.8 Å². The van der Waals surface area contributed by atoms with Crippen molar-refractivity contribution in [2.45, 2.75) is 0 Å². The number of pyridine rings is 1. The fraction of sp³-hybridized carbons (Fsp3) is 0.217. The summed E-state index contributed by atoms with van der Waals surface area (Å²) in [4.78, 5) is 20.5. The molecule has 8 heteroatoms. The van der Waals surface area contributed by atoms with Crippen LogP contribution in [-0.4, -0.2) is 59.3 Å². The van der Waals surface area contributed by atoms with Gasteiger partial charge in [0.15, 0.2) is 11.6 Å². The van der Waals surface area contributed by atoms with Gasteiger partial charge in [-0.1, -0.05) is 12.1 Å². The number of anilines is 3. The molecule has 1 amide bonds. The number of benzene rings is 1. The summed E-state index contributed by atoms with van der Waals surface area (Å²) in [6, 6.07) is 15.2. The number of carbonyl (C=O) groups is 1. The van der Waals surface area contributed by atoms with Gasteiger partial charge >= 0.3 is 0 Å². The number of methoxy groups -OCH3 is 1. The van der Waals surface area contributed by atoms with Crippen molar-refractivity contribution in [2.75, 3.05) is 43.5 Å². The van der Waals surface area contributed by atoms with Crippen LogP contribution in [0.5, 0.6) is 5.75 Å². The summed E-state index contributed by atoms with van der Waals surface area (Å²) in [5, 5.41) is 11.8. The van der Waals surface area contributed by atoms with Gasteiger partial charge in [-0.3, -0.25) is 9.78 Å². The summed E-state index contributed by atoms with van der Waals surface area (Å²) in [6.45, 7) is 2.72. The Balaban J connectivity index is 1.28. The molecule has 0 saturated carbocycles. The van der Waals surface area contributed by atoms with Crippen LogP contribution >= 0.6 is 0 Å². The van der Waals surface area contributed by atoms with Gasteiger partial charge in [0, 0.05) is 50.3 Å². The first-order valence-corrected chi connectivity index (χ1v) is 10.1. The van der Waals surface area contributed by atoms with Crippen LogP contribution in [0.3, 0.4) is 0 Å². The smallest absolute Gasteiger partial charge is 0.246 e. The van der Waals surface area contributed by atoms with Crippen molar-refractivity contribution < 1.29 is 9.53 Å². The minimum absolute atomic E-state index is 0.0125. The van der Waals surface area contributed by atoms with E-state index in [-0.39, 0.29) is 5.91 Å². The molecule has 4 rings (SSSR count). The molecule has 8 nitrogen and oxygen atoms in total. The van der Waals surface area contributed by atoms with Gasteiger partial charge in [-0.15, -0.1) is 10.2 Å². The summed E-state index contributed by atoms with van der Waals surface area (Å²) in [5.74, 6) is 2.29. The SMILES string of the molecule is COc1ccc(/C=C/C(=O)N2CCN(c3ccc(Nc4ccncc4)nn3)CC2)cc1. The fourth-order valence-electron chi connectivity index (χ4n) is 3.29. The monoisotopic (exact) mass is 416 g/mol. The minimum Gasteiger partial charge on any atom is -0.497 e. The third kappa shape index (κ3) is 5.36. The fourth-order valence-corrected chi connectivity index (χ4v) is 3.29. The Morgan fingerprint density at radius 2 is 1.71 bits per heavy atom. The molecule has 1 fully saturated rings. The second-order valence-corrected chi connectivity index (χ2v) is 7.06. The summed E-state index contributed by atoms with van der Waals surface area (Å²) in [5.41, 5.74) is 1.87. The number of rotatable bonds is 6. The quantitative estimate of drug-likeness (QED) is 0.619. The Morgan fingerprint density at radius 1 is 0.968 bits per heavy atom. The Labute approximate surface area is 181 Å². The number of nitrogens with one attached hydrogen (secondary N) is 1. The Bertz CT molecular complexity index is 1010. The van der Waals surface area contributed by atoms with Crippen molar-refractivity contribution in [1.82, 2.24) is 20.1 Å². The van der Waals surface area contributed by atoms with E-state index in [2.05, 4.69) is 25.4 Å². The molecule has 2 aromatic heterocycles. The number of aromatic nitrogens is 3. The maximum absolute atomic E-state index is 12.5. The van der Waals surface area contributed by atoms with Crippen molar-refractivity contribution >= 4 is 29.3 Å². The molecule has 1 aliphatic heterocycles. The average molecular weight is 416 g/mol. The maximum Gasteiger partial charge on any atom is 0.246 e. The van der Waals surface area contributed by atoms with Crippen molar-refractivity contribution in [3.8, 4) is 5.75 Å². The molecule has 1 N–H and O–H groups in total. The van der Waals surface area contributed by atoms with Gasteiger partial charge in [0.1, 0.15) is 5.75 Å². The molecule has 0 radical (unpaired) electrons. The zero-order valence-electron chi connectivity index (χ0n) is 17.3. The van der Waals surface area contributed by atoms with Gasteiger partial charge in [-0.05, 0) is 48.0 Å². The van der Waals surface area contributed by atoms with Crippen LogP contribution < -0.4 is 15.0 Å². The molecular formula is C23H24N6O2. The standard InChI is InChI=1S/C23H24N6O2/c1-31-20-5-2-18(3-6-20)4-9-23(30)29-16-14-28(15-17-29)22-8-7-21(26-27-22)25-19-10-12-24-13-11-19/h2-13H,14-17H2,1H3,(H,24,25,26)/b9-4+. The Hall–Kier alpha value is -3.94. The molecule has 31 heavy (non-hydrogen) atoms. The zero-order valence-corrected chi connectivity index (χ0v) is 17.3. The predicted octanol–water partition coefficient (Wildman–Crippen LogP) is 2.99. The summed E-state index contributed by atoms with van der Waals surface area (Å²) in [7, 11) is 1.63. The van der Waals surface area contributed by atoms with Crippen LogP contribution in [0.2, 0.25) is 0 Å². The van der Waals surface area contributed by atoms with Crippen molar-refractivity contribution in [3.63, 3.8) is 0 Å². The van der Waals surface area contributed by atoms with Gasteiger partial charge in [0.25, 0.3) is 0 Å². The van der Waals surface area contributed by atoms with E-state index in [0.29, 0.717) is 32.0 Å². The largest absolute Gasteiger partial charge is 0.497 e. The lowest BCUT2D eigenvalue weighted by Crippen LogP contribution is -2.48. The van der Waals surface area contributed by atoms with Crippen molar-refractivity contribution in [3.05, 3.63) is 72.6 Å². The molecule has 0 bridgehead atoms. The second-order valence-electron chi connectivity index (χ2n) is 7.06. The van der Waals surface area contributed by atoms with E-state index in [1.165, 1.54) is 0 Å². The van der Waals surface area contributed by atoms with Crippen LogP contribution in [0.1, 0.15) is 5.56 Å². The highest BCUT2D eigenvalue weighted by Crippen LogP contribution is 2.17. The molecular weight excluding hydrogens is 392 g/mol. The molecule has 1 aliphatic rings. The summed E-state index contributed by atoms with van der Waals surface area (Å²) >= 11 is 0. The number of hydrogen-bond acceptors (Lipinski definition) is 7. The van der Waals surface area contributed by atoms with E-state index >= 15 is 0 Å². The number of nitrogens with zero attached hydrogens (tertiary/aromatic N) is 5. The first-order chi connectivity index (χ1) is 15.2. The molecule has 0 unspecified atom stereocenters. The number of hydrogen-bond donors (Lipinski definition) is 1. The van der Waals surface area contributed by atoms with Crippen molar-refractivity contribution in [2.24, 2.45) is 0 Å². The second kappa shape index (κ2) is 9.71. The molecule has 3 heterocycles. The van der Waals surface area contributed by atoms with Gasteiger partial charge in [-0.2, -0.15) is 0 Å². The van der Waals surface area contributed by atoms with Gasteiger partial charge in [-0.25, -0.2) is 0 Å². The number of piperazine rings is 1. The van der Waals surface area contributed by atoms with Gasteiger partial charge < -0.3 is 19.9 Å². The number of carbonyl (C=O) groups excluding carboxylic acids is 1. The van der Waals surface area contributed by atoms with E-state index in [1.807, 2.05) is 59.5 Å². The molecule has 0 atom stereocenters. The topological polar surface area (TPSA) is 83.5 Å². The molecule has 0 aliphatic carbocycles. The van der Waals surface area contributed by atoms with Crippen LogP contribution in [0.15, 0.2) is 67.0 Å². The average Bonchev–Trinajstić information content (AvgIpc) is 2.84. The van der Waals surface area contributed by atoms with E-state index in [9.17, 15) is 4.79 Å². The van der Waals surface area contributed by atoms with Crippen molar-refractivity contribution in [1.29, 1.82) is 0 Å². The molecule has 3 aromatic rings. The number of ether oxygens (including phenoxy) is 1. The van der Waals surface area contributed by atoms with E-state index in [1.54, 1.807) is 25.6 Å². The summed E-state index contributed by atoms with van der Waals surface area (Å²) in [6.07, 6.45) is 6.89. The highest BCUT2D eigenvalue weighted by Gasteiger charge is 2.20. The van der Waals surface area contributed by atoms with Crippen LogP contribution in [0.4, 0.5) is 17.3 Å². The molecule has 1 saturated heterocycles. The van der Waals surface area contributed by atoms with E-state index < -0.39 is 0 Å². The lowest BCUT2D eigenvalue weighted by molar-refractivity contribution is -0.126. The zero-order chi connectivity index (χ0) is 21.5. The summed E-state index contributed by atoms with van der Waals surface area (Å²) < 4.78 is 5.15. The van der Waals surface area contributed by atoms with E-state index in [4.69, 9.17) is 4.74 Å².